The molecule has 3 fully saturated rings. The summed E-state index contributed by atoms with van der Waals surface area (Å²) < 4.78 is 5.05. The van der Waals surface area contributed by atoms with Gasteiger partial charge in [-0.1, -0.05) is 12.1 Å². The van der Waals surface area contributed by atoms with E-state index in [0.29, 0.717) is 25.1 Å². The summed E-state index contributed by atoms with van der Waals surface area (Å²) in [5.41, 5.74) is 6.08. The normalized spacial score (nSPS) is 30.3. The molecule has 138 valence electrons. The Bertz CT molecular complexity index is 763. The average molecular weight is 357 g/mol. The molecule has 1 aromatic rings. The lowest BCUT2D eigenvalue weighted by atomic mass is 9.89. The van der Waals surface area contributed by atoms with Crippen molar-refractivity contribution in [2.24, 2.45) is 11.7 Å². The molecule has 3 aliphatic heterocycles. The molecule has 26 heavy (non-hydrogen) atoms. The van der Waals surface area contributed by atoms with E-state index in [-0.39, 0.29) is 23.8 Å². The Hall–Kier alpha value is -2.41. The molecule has 7 nitrogen and oxygen atoms in total. The highest BCUT2D eigenvalue weighted by molar-refractivity contribution is 5.93. The van der Waals surface area contributed by atoms with Crippen LogP contribution in [0.5, 0.6) is 0 Å². The average Bonchev–Trinajstić information content (AvgIpc) is 3.25. The molecule has 1 aromatic carbocycles. The Morgan fingerprint density at radius 3 is 2.69 bits per heavy atom. The van der Waals surface area contributed by atoms with Gasteiger partial charge in [-0.25, -0.2) is 0 Å². The van der Waals surface area contributed by atoms with Gasteiger partial charge in [0.05, 0.1) is 13.2 Å². The number of nitrogens with two attached hydrogens (primary N) is 1. The smallest absolute Gasteiger partial charge is 0.326 e. The second-order valence-electron chi connectivity index (χ2n) is 7.51. The fourth-order valence-corrected chi connectivity index (χ4v) is 5.01. The van der Waals surface area contributed by atoms with E-state index in [0.717, 1.165) is 24.9 Å². The number of primary amides is 1. The molecule has 0 bridgehead atoms. The number of likely N-dealkylation sites (tertiary alicyclic amines) is 1. The number of hydrogen-bond donors (Lipinski definition) is 1. The Morgan fingerprint density at radius 2 is 2.04 bits per heavy atom. The van der Waals surface area contributed by atoms with E-state index in [4.69, 9.17) is 10.5 Å². The summed E-state index contributed by atoms with van der Waals surface area (Å²) in [5, 5.41) is 0. The van der Waals surface area contributed by atoms with Gasteiger partial charge in [0.1, 0.15) is 5.54 Å². The van der Waals surface area contributed by atoms with E-state index in [1.165, 1.54) is 7.11 Å². The van der Waals surface area contributed by atoms with Crippen LogP contribution in [0.3, 0.4) is 0 Å². The maximum absolute atomic E-state index is 13.0. The van der Waals surface area contributed by atoms with Crippen LogP contribution in [0.2, 0.25) is 0 Å². The summed E-state index contributed by atoms with van der Waals surface area (Å²) in [4.78, 5) is 40.5. The Labute approximate surface area is 152 Å². The van der Waals surface area contributed by atoms with Crippen LogP contribution in [0.25, 0.3) is 0 Å². The summed E-state index contributed by atoms with van der Waals surface area (Å²) in [6.45, 7) is 1.92. The van der Waals surface area contributed by atoms with Gasteiger partial charge in [0.2, 0.25) is 11.8 Å². The maximum atomic E-state index is 13.0. The Balaban J connectivity index is 1.50. The van der Waals surface area contributed by atoms with Crippen LogP contribution in [0.4, 0.5) is 0 Å². The van der Waals surface area contributed by atoms with Crippen LogP contribution >= 0.6 is 0 Å². The predicted octanol–water partition coefficient (Wildman–Crippen LogP) is 0.524. The largest absolute Gasteiger partial charge is 0.468 e. The molecular weight excluding hydrogens is 334 g/mol. The zero-order valence-corrected chi connectivity index (χ0v) is 14.8. The third kappa shape index (κ3) is 2.41. The van der Waals surface area contributed by atoms with Crippen molar-refractivity contribution in [1.29, 1.82) is 0 Å². The quantitative estimate of drug-likeness (QED) is 0.793. The highest BCUT2D eigenvalue weighted by Gasteiger charge is 2.63. The molecule has 0 spiro atoms. The van der Waals surface area contributed by atoms with Crippen LogP contribution in [0, 0.1) is 5.92 Å². The number of rotatable bonds is 4. The molecule has 4 rings (SSSR count). The number of nitrogens with zero attached hydrogens (tertiary/aromatic N) is 2. The van der Waals surface area contributed by atoms with Crippen molar-refractivity contribution in [3.05, 3.63) is 35.4 Å². The topological polar surface area (TPSA) is 92.9 Å². The van der Waals surface area contributed by atoms with Crippen molar-refractivity contribution in [3.8, 4) is 0 Å². The molecule has 3 aliphatic rings. The van der Waals surface area contributed by atoms with E-state index in [1.54, 1.807) is 12.1 Å². The molecule has 3 atom stereocenters. The van der Waals surface area contributed by atoms with E-state index in [2.05, 4.69) is 4.90 Å². The fourth-order valence-electron chi connectivity index (χ4n) is 5.01. The minimum absolute atomic E-state index is 0.0849. The van der Waals surface area contributed by atoms with E-state index in [9.17, 15) is 14.4 Å². The predicted molar refractivity (Wildman–Crippen MR) is 93.0 cm³/mol. The number of fused-ring (bicyclic) bond motifs is 3. The Morgan fingerprint density at radius 1 is 1.31 bits per heavy atom. The lowest BCUT2D eigenvalue weighted by molar-refractivity contribution is -0.153. The number of carbonyl (C=O) groups excluding carboxylic acids is 3. The van der Waals surface area contributed by atoms with Gasteiger partial charge < -0.3 is 15.4 Å². The molecule has 2 amide bonds. The van der Waals surface area contributed by atoms with Crippen molar-refractivity contribution in [2.75, 3.05) is 20.2 Å². The minimum atomic E-state index is -0.602. The standard InChI is InChI=1S/C19H23N3O4/c1-26-18(25)19-7-2-8-22(19)15-14(9-19)11-21(17(15)24)10-12-3-5-13(6-4-12)16(20)23/h3-6,14-15H,2,7-11H2,1H3,(H2,20,23). The van der Waals surface area contributed by atoms with Gasteiger partial charge in [-0.2, -0.15) is 0 Å². The van der Waals surface area contributed by atoms with E-state index >= 15 is 0 Å². The summed E-state index contributed by atoms with van der Waals surface area (Å²) in [7, 11) is 1.42. The molecule has 0 saturated carbocycles. The summed E-state index contributed by atoms with van der Waals surface area (Å²) in [6.07, 6.45) is 2.38. The first-order valence-electron chi connectivity index (χ1n) is 8.99. The first kappa shape index (κ1) is 17.0. The number of carbonyl (C=O) groups is 3. The van der Waals surface area contributed by atoms with Gasteiger partial charge in [0.15, 0.2) is 0 Å². The van der Waals surface area contributed by atoms with Crippen LogP contribution in [-0.4, -0.2) is 59.4 Å². The van der Waals surface area contributed by atoms with Crippen LogP contribution < -0.4 is 5.73 Å². The second-order valence-corrected chi connectivity index (χ2v) is 7.51. The highest BCUT2D eigenvalue weighted by atomic mass is 16.5. The molecule has 0 radical (unpaired) electrons. The first-order valence-corrected chi connectivity index (χ1v) is 8.99. The van der Waals surface area contributed by atoms with Crippen molar-refractivity contribution in [2.45, 2.75) is 37.4 Å². The van der Waals surface area contributed by atoms with Gasteiger partial charge in [-0.15, -0.1) is 0 Å². The van der Waals surface area contributed by atoms with E-state index in [1.807, 2.05) is 17.0 Å². The van der Waals surface area contributed by atoms with Crippen LogP contribution in [0.1, 0.15) is 35.2 Å². The fraction of sp³-hybridized carbons (Fsp3) is 0.526. The maximum Gasteiger partial charge on any atom is 0.326 e. The van der Waals surface area contributed by atoms with Crippen LogP contribution in [0.15, 0.2) is 24.3 Å². The van der Waals surface area contributed by atoms with Gasteiger partial charge in [0.25, 0.3) is 0 Å². The number of amides is 2. The molecule has 3 saturated heterocycles. The monoisotopic (exact) mass is 357 g/mol. The summed E-state index contributed by atoms with van der Waals surface area (Å²) >= 11 is 0. The zero-order chi connectivity index (χ0) is 18.5. The van der Waals surface area contributed by atoms with Crippen molar-refractivity contribution >= 4 is 17.8 Å². The number of benzene rings is 1. The molecular formula is C19H23N3O4. The first-order chi connectivity index (χ1) is 12.5. The zero-order valence-electron chi connectivity index (χ0n) is 14.8. The molecule has 0 aliphatic carbocycles. The molecule has 3 unspecified atom stereocenters. The highest BCUT2D eigenvalue weighted by Crippen LogP contribution is 2.49. The van der Waals surface area contributed by atoms with Crippen molar-refractivity contribution in [1.82, 2.24) is 9.80 Å². The van der Waals surface area contributed by atoms with Gasteiger partial charge in [0, 0.05) is 31.1 Å². The van der Waals surface area contributed by atoms with Crippen molar-refractivity contribution < 1.29 is 19.1 Å². The third-order valence-electron chi connectivity index (χ3n) is 6.12. The minimum Gasteiger partial charge on any atom is -0.468 e. The van der Waals surface area contributed by atoms with Gasteiger partial charge in [-0.05, 0) is 37.0 Å². The van der Waals surface area contributed by atoms with Crippen LogP contribution in [-0.2, 0) is 20.9 Å². The Kier molecular flexibility index (Phi) is 3.99. The molecule has 2 N–H and O–H groups in total. The molecule has 3 heterocycles. The number of ether oxygens (including phenoxy) is 1. The molecule has 0 aromatic heterocycles. The number of methoxy groups -OCH3 is 1. The SMILES string of the molecule is COC(=O)C12CCCN1C1C(=O)N(Cc3ccc(C(N)=O)cc3)CC1C2. The lowest BCUT2D eigenvalue weighted by Crippen LogP contribution is -2.52. The van der Waals surface area contributed by atoms with Gasteiger partial charge >= 0.3 is 5.97 Å². The summed E-state index contributed by atoms with van der Waals surface area (Å²) in [5.74, 6) is -0.421. The number of hydrogen-bond acceptors (Lipinski definition) is 5. The summed E-state index contributed by atoms with van der Waals surface area (Å²) in [6, 6.07) is 6.80. The number of esters is 1. The third-order valence-corrected chi connectivity index (χ3v) is 6.12. The van der Waals surface area contributed by atoms with E-state index < -0.39 is 11.4 Å². The van der Waals surface area contributed by atoms with Gasteiger partial charge in [-0.3, -0.25) is 19.3 Å². The lowest BCUT2D eigenvalue weighted by Gasteiger charge is -2.32. The second kappa shape index (κ2) is 6.09. The molecule has 7 heteroatoms. The van der Waals surface area contributed by atoms with Crippen molar-refractivity contribution in [3.63, 3.8) is 0 Å².